The highest BCUT2D eigenvalue weighted by atomic mass is 32.2. The Morgan fingerprint density at radius 2 is 2.04 bits per heavy atom. The first-order valence-corrected chi connectivity index (χ1v) is 10.6. The summed E-state index contributed by atoms with van der Waals surface area (Å²) in [4.78, 5) is 31.8. The average Bonchev–Trinajstić information content (AvgIpc) is 2.95. The summed E-state index contributed by atoms with van der Waals surface area (Å²) in [7, 11) is 1.75. The zero-order valence-corrected chi connectivity index (χ0v) is 16.9. The van der Waals surface area contributed by atoms with E-state index in [1.165, 1.54) is 28.6 Å². The highest BCUT2D eigenvalue weighted by Crippen LogP contribution is 2.34. The van der Waals surface area contributed by atoms with Gasteiger partial charge in [-0.05, 0) is 44.1 Å². The van der Waals surface area contributed by atoms with Crippen LogP contribution in [0.4, 0.5) is 0 Å². The lowest BCUT2D eigenvalue weighted by atomic mass is 9.97. The number of thioether (sulfide) groups is 1. The van der Waals surface area contributed by atoms with E-state index in [1.54, 1.807) is 23.0 Å². The molecule has 0 radical (unpaired) electrons. The lowest BCUT2D eigenvalue weighted by Gasteiger charge is -2.17. The third-order valence-electron chi connectivity index (χ3n) is 4.88. The predicted molar refractivity (Wildman–Crippen MR) is 105 cm³/mol. The SMILES string of the molecule is CC(C)[C@@H](C)NC(=O)CSc1nc2sc3c(c2c(=O)n1C)CCCC3. The molecule has 0 aliphatic heterocycles. The highest BCUT2D eigenvalue weighted by Gasteiger charge is 2.21. The average molecular weight is 380 g/mol. The van der Waals surface area contributed by atoms with Gasteiger partial charge in [-0.1, -0.05) is 25.6 Å². The number of carbonyl (C=O) groups is 1. The van der Waals surface area contributed by atoms with E-state index >= 15 is 0 Å². The van der Waals surface area contributed by atoms with E-state index in [0.29, 0.717) is 11.1 Å². The molecule has 0 saturated carbocycles. The molecule has 0 fully saturated rings. The van der Waals surface area contributed by atoms with Crippen LogP contribution in [-0.2, 0) is 24.7 Å². The van der Waals surface area contributed by atoms with Crippen molar-refractivity contribution in [1.82, 2.24) is 14.9 Å². The second kappa shape index (κ2) is 7.50. The topological polar surface area (TPSA) is 64.0 Å². The van der Waals surface area contributed by atoms with E-state index in [-0.39, 0.29) is 23.3 Å². The summed E-state index contributed by atoms with van der Waals surface area (Å²) in [5, 5.41) is 4.40. The first-order chi connectivity index (χ1) is 11.9. The van der Waals surface area contributed by atoms with E-state index < -0.39 is 0 Å². The number of hydrogen-bond acceptors (Lipinski definition) is 5. The van der Waals surface area contributed by atoms with Gasteiger partial charge in [-0.2, -0.15) is 0 Å². The van der Waals surface area contributed by atoms with Gasteiger partial charge in [-0.3, -0.25) is 14.2 Å². The maximum absolute atomic E-state index is 12.8. The monoisotopic (exact) mass is 379 g/mol. The van der Waals surface area contributed by atoms with E-state index in [9.17, 15) is 9.59 Å². The molecule has 1 aliphatic rings. The summed E-state index contributed by atoms with van der Waals surface area (Å²) in [6.45, 7) is 6.16. The Morgan fingerprint density at radius 3 is 2.76 bits per heavy atom. The minimum Gasteiger partial charge on any atom is -0.353 e. The van der Waals surface area contributed by atoms with Crippen molar-refractivity contribution in [2.24, 2.45) is 13.0 Å². The van der Waals surface area contributed by atoms with Crippen molar-refractivity contribution in [3.63, 3.8) is 0 Å². The number of rotatable bonds is 5. The summed E-state index contributed by atoms with van der Waals surface area (Å²) in [6.07, 6.45) is 4.37. The minimum atomic E-state index is -0.0222. The van der Waals surface area contributed by atoms with Crippen molar-refractivity contribution < 1.29 is 4.79 Å². The van der Waals surface area contributed by atoms with Crippen LogP contribution in [0, 0.1) is 5.92 Å². The molecule has 1 aliphatic carbocycles. The molecule has 5 nitrogen and oxygen atoms in total. The second-order valence-electron chi connectivity index (χ2n) is 7.04. The molecule has 1 N–H and O–H groups in total. The summed E-state index contributed by atoms with van der Waals surface area (Å²) >= 11 is 2.98. The largest absolute Gasteiger partial charge is 0.353 e. The molecule has 2 aromatic heterocycles. The van der Waals surface area contributed by atoms with Crippen molar-refractivity contribution in [2.45, 2.75) is 57.7 Å². The Bertz CT molecular complexity index is 854. The van der Waals surface area contributed by atoms with Gasteiger partial charge < -0.3 is 5.32 Å². The molecular formula is C18H25N3O2S2. The minimum absolute atomic E-state index is 0.0165. The van der Waals surface area contributed by atoms with Crippen molar-refractivity contribution in [3.8, 4) is 0 Å². The zero-order chi connectivity index (χ0) is 18.1. The molecule has 1 atom stereocenters. The number of nitrogens with zero attached hydrogens (tertiary/aromatic N) is 2. The van der Waals surface area contributed by atoms with E-state index in [4.69, 9.17) is 4.98 Å². The standard InChI is InChI=1S/C18H25N3O2S2/c1-10(2)11(3)19-14(22)9-24-18-20-16-15(17(23)21(18)4)12-7-5-6-8-13(12)25-16/h10-11H,5-9H2,1-4H3,(H,19,22)/t11-/m1/s1. The molecule has 136 valence electrons. The van der Waals surface area contributed by atoms with Crippen LogP contribution in [0.1, 0.15) is 44.1 Å². The molecule has 3 rings (SSSR count). The first kappa shape index (κ1) is 18.5. The Morgan fingerprint density at radius 1 is 1.32 bits per heavy atom. The molecule has 25 heavy (non-hydrogen) atoms. The van der Waals surface area contributed by atoms with Gasteiger partial charge in [0.15, 0.2) is 5.16 Å². The van der Waals surface area contributed by atoms with Gasteiger partial charge in [0.2, 0.25) is 5.91 Å². The number of amides is 1. The van der Waals surface area contributed by atoms with Crippen LogP contribution in [0.15, 0.2) is 9.95 Å². The molecule has 0 spiro atoms. The number of thiophene rings is 1. The third kappa shape index (κ3) is 3.77. The Hall–Kier alpha value is -1.34. The van der Waals surface area contributed by atoms with Crippen LogP contribution in [0.3, 0.4) is 0 Å². The van der Waals surface area contributed by atoms with E-state index in [1.807, 2.05) is 6.92 Å². The number of hydrogen-bond donors (Lipinski definition) is 1. The number of carbonyl (C=O) groups excluding carboxylic acids is 1. The molecule has 2 heterocycles. The van der Waals surface area contributed by atoms with Gasteiger partial charge in [0.05, 0.1) is 11.1 Å². The fraction of sp³-hybridized carbons (Fsp3) is 0.611. The number of fused-ring (bicyclic) bond motifs is 3. The number of aryl methyl sites for hydroxylation is 2. The Kier molecular flexibility index (Phi) is 5.53. The van der Waals surface area contributed by atoms with E-state index in [2.05, 4.69) is 19.2 Å². The maximum Gasteiger partial charge on any atom is 0.262 e. The smallest absolute Gasteiger partial charge is 0.262 e. The molecule has 0 unspecified atom stereocenters. The van der Waals surface area contributed by atoms with Crippen LogP contribution in [0.2, 0.25) is 0 Å². The maximum atomic E-state index is 12.8. The van der Waals surface area contributed by atoms with E-state index in [0.717, 1.165) is 29.5 Å². The molecule has 0 aromatic carbocycles. The van der Waals surface area contributed by atoms with Crippen LogP contribution in [0.5, 0.6) is 0 Å². The van der Waals surface area contributed by atoms with Crippen LogP contribution in [0.25, 0.3) is 10.2 Å². The van der Waals surface area contributed by atoms with Gasteiger partial charge in [0, 0.05) is 18.0 Å². The van der Waals surface area contributed by atoms with Crippen LogP contribution >= 0.6 is 23.1 Å². The van der Waals surface area contributed by atoms with Crippen molar-refractivity contribution in [3.05, 3.63) is 20.8 Å². The van der Waals surface area contributed by atoms with Gasteiger partial charge in [-0.15, -0.1) is 11.3 Å². The fourth-order valence-corrected chi connectivity index (χ4v) is 5.07. The Labute approximate surface area is 156 Å². The summed E-state index contributed by atoms with van der Waals surface area (Å²) in [5.41, 5.74) is 1.22. The molecule has 7 heteroatoms. The predicted octanol–water partition coefficient (Wildman–Crippen LogP) is 3.13. The number of aromatic nitrogens is 2. The molecular weight excluding hydrogens is 354 g/mol. The summed E-state index contributed by atoms with van der Waals surface area (Å²) < 4.78 is 1.59. The number of nitrogens with one attached hydrogen (secondary N) is 1. The highest BCUT2D eigenvalue weighted by molar-refractivity contribution is 7.99. The Balaban J connectivity index is 1.82. The van der Waals surface area contributed by atoms with Gasteiger partial charge in [-0.25, -0.2) is 4.98 Å². The second-order valence-corrected chi connectivity index (χ2v) is 9.06. The van der Waals surface area contributed by atoms with Crippen LogP contribution in [-0.4, -0.2) is 27.3 Å². The third-order valence-corrected chi connectivity index (χ3v) is 7.09. The lowest BCUT2D eigenvalue weighted by Crippen LogP contribution is -2.37. The molecule has 2 aromatic rings. The van der Waals surface area contributed by atoms with Gasteiger partial charge in [0.1, 0.15) is 4.83 Å². The lowest BCUT2D eigenvalue weighted by molar-refractivity contribution is -0.119. The first-order valence-electron chi connectivity index (χ1n) is 8.82. The molecule has 0 bridgehead atoms. The van der Waals surface area contributed by atoms with Crippen molar-refractivity contribution >= 4 is 39.2 Å². The van der Waals surface area contributed by atoms with Crippen molar-refractivity contribution in [2.75, 3.05) is 5.75 Å². The fourth-order valence-electron chi connectivity index (χ4n) is 2.99. The van der Waals surface area contributed by atoms with Crippen molar-refractivity contribution in [1.29, 1.82) is 0 Å². The summed E-state index contributed by atoms with van der Waals surface area (Å²) in [6, 6.07) is 0.136. The normalized spacial score (nSPS) is 15.4. The molecule has 1 amide bonds. The quantitative estimate of drug-likeness (QED) is 0.640. The van der Waals surface area contributed by atoms with Gasteiger partial charge in [0.25, 0.3) is 5.56 Å². The zero-order valence-electron chi connectivity index (χ0n) is 15.2. The summed E-state index contributed by atoms with van der Waals surface area (Å²) in [5.74, 6) is 0.643. The van der Waals surface area contributed by atoms with Gasteiger partial charge >= 0.3 is 0 Å². The van der Waals surface area contributed by atoms with Crippen LogP contribution < -0.4 is 10.9 Å². The molecule has 0 saturated heterocycles.